The van der Waals surface area contributed by atoms with Crippen LogP contribution in [0.25, 0.3) is 0 Å². The summed E-state index contributed by atoms with van der Waals surface area (Å²) in [5.74, 6) is 1.14. The number of aromatic nitrogens is 4. The molecule has 1 aliphatic heterocycles. The number of nitrogens with one attached hydrogen (secondary N) is 2. The first kappa shape index (κ1) is 20.6. The third-order valence-corrected chi connectivity index (χ3v) is 3.90. The van der Waals surface area contributed by atoms with Crippen LogP contribution in [0, 0.1) is 0 Å². The van der Waals surface area contributed by atoms with Gasteiger partial charge in [0.2, 0.25) is 5.88 Å². The summed E-state index contributed by atoms with van der Waals surface area (Å²) in [7, 11) is 0. The number of piperazine rings is 1. The number of amides is 1. The first-order chi connectivity index (χ1) is 13.7. The largest absolute Gasteiger partial charge is 0.444 e. The van der Waals surface area contributed by atoms with Crippen LogP contribution >= 0.6 is 0 Å². The molecule has 1 fully saturated rings. The van der Waals surface area contributed by atoms with Gasteiger partial charge in [-0.05, 0) is 20.8 Å². The second-order valence-corrected chi connectivity index (χ2v) is 7.34. The highest BCUT2D eigenvalue weighted by atomic mass is 19.3. The van der Waals surface area contributed by atoms with Gasteiger partial charge >= 0.3 is 12.7 Å². The first-order valence-electron chi connectivity index (χ1n) is 9.02. The lowest BCUT2D eigenvalue weighted by molar-refractivity contribution is -0.0528. The number of anilines is 3. The molecule has 0 unspecified atom stereocenters. The molecule has 1 amide bonds. The summed E-state index contributed by atoms with van der Waals surface area (Å²) in [5.41, 5.74) is -0.535. The van der Waals surface area contributed by atoms with Crippen LogP contribution in [0.15, 0.2) is 18.5 Å². The zero-order valence-electron chi connectivity index (χ0n) is 16.4. The smallest absolute Gasteiger partial charge is 0.410 e. The molecule has 2 aromatic heterocycles. The van der Waals surface area contributed by atoms with Gasteiger partial charge in [-0.1, -0.05) is 0 Å². The Morgan fingerprint density at radius 2 is 1.97 bits per heavy atom. The maximum absolute atomic E-state index is 12.2. The summed E-state index contributed by atoms with van der Waals surface area (Å²) in [6.45, 7) is 4.70. The molecule has 3 rings (SSSR count). The minimum absolute atomic E-state index is 0.232. The van der Waals surface area contributed by atoms with Gasteiger partial charge in [-0.3, -0.25) is 10.1 Å². The lowest BCUT2D eigenvalue weighted by Gasteiger charge is -2.36. The number of rotatable bonds is 5. The monoisotopic (exact) mass is 411 g/mol. The second kappa shape index (κ2) is 8.45. The fraction of sp³-hybridized carbons (Fsp3) is 0.529. The highest BCUT2D eigenvalue weighted by Gasteiger charge is 2.26. The molecule has 0 aliphatic carbocycles. The van der Waals surface area contributed by atoms with Gasteiger partial charge in [0.1, 0.15) is 17.2 Å². The number of hydrogen-bond acceptors (Lipinski definition) is 8. The summed E-state index contributed by atoms with van der Waals surface area (Å²) >= 11 is 0. The molecule has 1 saturated heterocycles. The lowest BCUT2D eigenvalue weighted by Crippen LogP contribution is -2.50. The van der Waals surface area contributed by atoms with E-state index in [1.807, 2.05) is 25.7 Å². The minimum Gasteiger partial charge on any atom is -0.444 e. The van der Waals surface area contributed by atoms with Gasteiger partial charge in [0, 0.05) is 32.2 Å². The molecule has 0 bridgehead atoms. The average Bonchev–Trinajstić information content (AvgIpc) is 3.06. The fourth-order valence-corrected chi connectivity index (χ4v) is 2.67. The van der Waals surface area contributed by atoms with Crippen molar-refractivity contribution in [2.24, 2.45) is 0 Å². The number of carbonyl (C=O) groups excluding carboxylic acids is 1. The van der Waals surface area contributed by atoms with Crippen LogP contribution < -0.4 is 15.0 Å². The van der Waals surface area contributed by atoms with Gasteiger partial charge in [0.25, 0.3) is 0 Å². The van der Waals surface area contributed by atoms with Crippen molar-refractivity contribution in [3.63, 3.8) is 0 Å². The van der Waals surface area contributed by atoms with Gasteiger partial charge in [0.15, 0.2) is 5.82 Å². The molecular weight excluding hydrogens is 388 g/mol. The van der Waals surface area contributed by atoms with Crippen LogP contribution in [0.3, 0.4) is 0 Å². The molecule has 0 aromatic carbocycles. The molecule has 158 valence electrons. The van der Waals surface area contributed by atoms with E-state index in [0.717, 1.165) is 0 Å². The number of hydrogen-bond donors (Lipinski definition) is 2. The highest BCUT2D eigenvalue weighted by molar-refractivity contribution is 5.68. The van der Waals surface area contributed by atoms with Crippen molar-refractivity contribution in [2.45, 2.75) is 33.0 Å². The Morgan fingerprint density at radius 1 is 1.24 bits per heavy atom. The molecule has 1 aliphatic rings. The van der Waals surface area contributed by atoms with E-state index in [2.05, 4.69) is 30.2 Å². The van der Waals surface area contributed by atoms with E-state index < -0.39 is 12.2 Å². The molecule has 10 nitrogen and oxygen atoms in total. The zero-order chi connectivity index (χ0) is 21.0. The number of ether oxygens (including phenoxy) is 2. The zero-order valence-corrected chi connectivity index (χ0v) is 16.4. The van der Waals surface area contributed by atoms with Crippen molar-refractivity contribution in [1.29, 1.82) is 0 Å². The van der Waals surface area contributed by atoms with Crippen molar-refractivity contribution < 1.29 is 23.0 Å². The van der Waals surface area contributed by atoms with E-state index >= 15 is 0 Å². The van der Waals surface area contributed by atoms with Crippen LogP contribution in [0.2, 0.25) is 0 Å². The first-order valence-corrected chi connectivity index (χ1v) is 9.02. The van der Waals surface area contributed by atoms with Crippen LogP contribution in [0.5, 0.6) is 5.88 Å². The summed E-state index contributed by atoms with van der Waals surface area (Å²) in [5, 5.41) is 9.06. The quantitative estimate of drug-likeness (QED) is 0.773. The summed E-state index contributed by atoms with van der Waals surface area (Å²) in [4.78, 5) is 24.4. The highest BCUT2D eigenvalue weighted by Crippen LogP contribution is 2.21. The Balaban J connectivity index is 1.58. The van der Waals surface area contributed by atoms with Crippen molar-refractivity contribution in [2.75, 3.05) is 36.4 Å². The maximum Gasteiger partial charge on any atom is 0.410 e. The number of H-pyrrole nitrogens is 1. The normalized spacial score (nSPS) is 14.8. The van der Waals surface area contributed by atoms with Crippen molar-refractivity contribution in [1.82, 2.24) is 25.1 Å². The van der Waals surface area contributed by atoms with Gasteiger partial charge in [0.05, 0.1) is 12.4 Å². The summed E-state index contributed by atoms with van der Waals surface area (Å²) in [6.07, 6.45) is 2.78. The molecule has 12 heteroatoms. The Kier molecular flexibility index (Phi) is 5.99. The van der Waals surface area contributed by atoms with E-state index in [9.17, 15) is 13.6 Å². The molecule has 3 heterocycles. The lowest BCUT2D eigenvalue weighted by atomic mass is 10.2. The number of alkyl halides is 2. The fourth-order valence-electron chi connectivity index (χ4n) is 2.67. The molecular formula is C17H23F2N7O3. The van der Waals surface area contributed by atoms with Crippen molar-refractivity contribution in [3.05, 3.63) is 18.5 Å². The van der Waals surface area contributed by atoms with E-state index in [1.54, 1.807) is 11.1 Å². The summed E-state index contributed by atoms with van der Waals surface area (Å²) < 4.78 is 34.0. The van der Waals surface area contributed by atoms with Crippen molar-refractivity contribution >= 4 is 23.5 Å². The van der Waals surface area contributed by atoms with Crippen LogP contribution in [0.4, 0.5) is 31.0 Å². The van der Waals surface area contributed by atoms with Gasteiger partial charge < -0.3 is 24.6 Å². The molecule has 29 heavy (non-hydrogen) atoms. The van der Waals surface area contributed by atoms with Crippen LogP contribution in [-0.2, 0) is 4.74 Å². The predicted octanol–water partition coefficient (Wildman–Crippen LogP) is 2.60. The third kappa shape index (κ3) is 5.90. The number of aromatic amines is 1. The number of halogens is 2. The van der Waals surface area contributed by atoms with E-state index in [4.69, 9.17) is 4.74 Å². The second-order valence-electron chi connectivity index (χ2n) is 7.34. The number of nitrogens with zero attached hydrogens (tertiary/aromatic N) is 5. The Labute approximate surface area is 166 Å². The van der Waals surface area contributed by atoms with E-state index in [-0.39, 0.29) is 12.0 Å². The SMILES string of the molecule is CC(C)(C)OC(=O)N1CCN(c2cncc(Nc3cc(OC(F)F)n[nH]3)n2)CC1. The minimum atomic E-state index is -2.95. The van der Waals surface area contributed by atoms with Gasteiger partial charge in [-0.25, -0.2) is 9.78 Å². The summed E-state index contributed by atoms with van der Waals surface area (Å²) in [6, 6.07) is 1.29. The molecule has 2 aromatic rings. The molecule has 0 saturated carbocycles. The topological polar surface area (TPSA) is 109 Å². The standard InChI is InChI=1S/C17H23F2N7O3/c1-17(2,3)29-16(27)26-6-4-25(5-7-26)13-10-20-9-12(22-13)21-11-8-14(24-23-11)28-15(18)19/h8-10,15H,4-7H2,1-3H3,(H2,21,22,23,24). The van der Waals surface area contributed by atoms with E-state index in [1.165, 1.54) is 12.3 Å². The molecule has 0 spiro atoms. The molecule has 0 radical (unpaired) electrons. The third-order valence-electron chi connectivity index (χ3n) is 3.90. The van der Waals surface area contributed by atoms with Crippen LogP contribution in [-0.4, -0.2) is 69.6 Å². The Bertz CT molecular complexity index is 832. The van der Waals surface area contributed by atoms with Gasteiger partial charge in [-0.15, -0.1) is 5.10 Å². The van der Waals surface area contributed by atoms with E-state index in [0.29, 0.717) is 43.6 Å². The molecule has 2 N–H and O–H groups in total. The molecule has 0 atom stereocenters. The van der Waals surface area contributed by atoms with Gasteiger partial charge in [-0.2, -0.15) is 8.78 Å². The Hall–Kier alpha value is -3.18. The van der Waals surface area contributed by atoms with Crippen LogP contribution in [0.1, 0.15) is 20.8 Å². The van der Waals surface area contributed by atoms with Crippen molar-refractivity contribution in [3.8, 4) is 5.88 Å². The number of carbonyl (C=O) groups is 1. The average molecular weight is 411 g/mol. The maximum atomic E-state index is 12.2. The Morgan fingerprint density at radius 3 is 2.62 bits per heavy atom. The predicted molar refractivity (Wildman–Crippen MR) is 101 cm³/mol.